The first-order valence-electron chi connectivity index (χ1n) is 4.49. The first-order chi connectivity index (χ1) is 6.35. The van der Waals surface area contributed by atoms with Gasteiger partial charge >= 0.3 is 0 Å². The number of hydrogen-bond acceptors (Lipinski definition) is 3. The van der Waals surface area contributed by atoms with Crippen molar-refractivity contribution in [2.24, 2.45) is 10.7 Å². The highest BCUT2D eigenvalue weighted by Crippen LogP contribution is 1.82. The molecule has 0 radical (unpaired) electrons. The minimum atomic E-state index is 0.515. The Labute approximate surface area is 79.0 Å². The molecule has 5 nitrogen and oxygen atoms in total. The molecule has 0 aliphatic carbocycles. The maximum absolute atomic E-state index is 8.34. The fourth-order valence-corrected chi connectivity index (χ4v) is 0.766. The van der Waals surface area contributed by atoms with E-state index >= 15 is 0 Å². The van der Waals surface area contributed by atoms with Gasteiger partial charge in [-0.2, -0.15) is 5.26 Å². The van der Waals surface area contributed by atoms with Crippen LogP contribution in [0.1, 0.15) is 19.8 Å². The normalized spacial score (nSPS) is 10.7. The molecular weight excluding hydrogens is 166 g/mol. The summed E-state index contributed by atoms with van der Waals surface area (Å²) in [6.45, 7) is 4.09. The third-order valence-electron chi connectivity index (χ3n) is 1.42. The number of nitriles is 1. The molecule has 0 amide bonds. The fourth-order valence-electron chi connectivity index (χ4n) is 0.766. The van der Waals surface area contributed by atoms with E-state index in [9.17, 15) is 0 Å². The minimum Gasteiger partial charge on any atom is -0.355 e. The summed E-state index contributed by atoms with van der Waals surface area (Å²) in [5.74, 6) is 0.515. The van der Waals surface area contributed by atoms with Crippen LogP contribution in [-0.2, 0) is 0 Å². The average Bonchev–Trinajstić information content (AvgIpc) is 2.14. The van der Waals surface area contributed by atoms with Gasteiger partial charge in [0, 0.05) is 19.6 Å². The maximum atomic E-state index is 8.34. The van der Waals surface area contributed by atoms with Gasteiger partial charge in [-0.3, -0.25) is 0 Å². The van der Waals surface area contributed by atoms with Crippen molar-refractivity contribution >= 4 is 5.96 Å². The zero-order chi connectivity index (χ0) is 9.94. The van der Waals surface area contributed by atoms with Crippen LogP contribution in [0.5, 0.6) is 0 Å². The van der Waals surface area contributed by atoms with E-state index in [1.54, 1.807) is 6.19 Å². The topological polar surface area (TPSA) is 86.2 Å². The van der Waals surface area contributed by atoms with E-state index in [1.165, 1.54) is 0 Å². The molecule has 0 aromatic carbocycles. The zero-order valence-electron chi connectivity index (χ0n) is 8.01. The molecule has 5 heteroatoms. The third-order valence-corrected chi connectivity index (χ3v) is 1.42. The summed E-state index contributed by atoms with van der Waals surface area (Å²) in [6, 6.07) is 0. The third kappa shape index (κ3) is 7.09. The van der Waals surface area contributed by atoms with Crippen molar-refractivity contribution in [3.8, 4) is 6.19 Å². The number of hydrogen-bond donors (Lipinski definition) is 3. The lowest BCUT2D eigenvalue weighted by atomic mass is 10.3. The van der Waals surface area contributed by atoms with E-state index in [2.05, 4.69) is 22.5 Å². The summed E-state index contributed by atoms with van der Waals surface area (Å²) in [5.41, 5.74) is 5.30. The quantitative estimate of drug-likeness (QED) is 0.238. The standard InChI is InChI=1S/C8H17N5/c1-2-3-5-11-8(13-7-10)12-6-4-9/h2-6,9H2,1H3,(H2,11,12,13). The first-order valence-corrected chi connectivity index (χ1v) is 4.49. The molecule has 0 saturated carbocycles. The van der Waals surface area contributed by atoms with E-state index in [1.807, 2.05) is 0 Å². The predicted molar refractivity (Wildman–Crippen MR) is 53.0 cm³/mol. The lowest BCUT2D eigenvalue weighted by Gasteiger charge is -2.08. The number of nitrogens with one attached hydrogen (secondary N) is 2. The minimum absolute atomic E-state index is 0.515. The number of nitrogens with two attached hydrogens (primary N) is 1. The number of guanidine groups is 1. The van der Waals surface area contributed by atoms with Gasteiger partial charge in [0.2, 0.25) is 12.2 Å². The highest BCUT2D eigenvalue weighted by Gasteiger charge is 1.94. The fraction of sp³-hybridized carbons (Fsp3) is 0.750. The van der Waals surface area contributed by atoms with Gasteiger partial charge in [0.25, 0.3) is 0 Å². The van der Waals surface area contributed by atoms with Gasteiger partial charge in [-0.25, -0.2) is 0 Å². The van der Waals surface area contributed by atoms with Crippen molar-refractivity contribution in [1.82, 2.24) is 10.6 Å². The number of unbranched alkanes of at least 4 members (excludes halogenated alkanes) is 1. The van der Waals surface area contributed by atoms with Crippen LogP contribution in [0.3, 0.4) is 0 Å². The van der Waals surface area contributed by atoms with Crippen molar-refractivity contribution in [2.75, 3.05) is 19.6 Å². The van der Waals surface area contributed by atoms with Crippen molar-refractivity contribution in [3.63, 3.8) is 0 Å². The molecule has 0 fully saturated rings. The highest BCUT2D eigenvalue weighted by atomic mass is 15.2. The molecule has 4 N–H and O–H groups in total. The molecule has 0 aromatic heterocycles. The Kier molecular flexibility index (Phi) is 7.95. The van der Waals surface area contributed by atoms with Crippen LogP contribution >= 0.6 is 0 Å². The summed E-state index contributed by atoms with van der Waals surface area (Å²) in [6.07, 6.45) is 3.90. The van der Waals surface area contributed by atoms with Crippen LogP contribution in [0, 0.1) is 11.5 Å². The Morgan fingerprint density at radius 1 is 1.46 bits per heavy atom. The number of nitrogens with zero attached hydrogens (tertiary/aromatic N) is 2. The van der Waals surface area contributed by atoms with Crippen LogP contribution < -0.4 is 16.4 Å². The second-order valence-corrected chi connectivity index (χ2v) is 2.56. The van der Waals surface area contributed by atoms with Crippen LogP contribution in [0.15, 0.2) is 4.99 Å². The van der Waals surface area contributed by atoms with Gasteiger partial charge in [0.05, 0.1) is 0 Å². The Morgan fingerprint density at radius 3 is 2.69 bits per heavy atom. The Hall–Kier alpha value is -1.28. The zero-order valence-corrected chi connectivity index (χ0v) is 8.01. The van der Waals surface area contributed by atoms with Gasteiger partial charge in [0.15, 0.2) is 0 Å². The molecule has 74 valence electrons. The predicted octanol–water partition coefficient (Wildman–Crippen LogP) is -0.239. The highest BCUT2D eigenvalue weighted by molar-refractivity contribution is 5.80. The molecule has 0 heterocycles. The summed E-state index contributed by atoms with van der Waals surface area (Å²) in [7, 11) is 0. The maximum Gasteiger partial charge on any atom is 0.209 e. The molecule has 0 saturated heterocycles. The van der Waals surface area contributed by atoms with E-state index in [-0.39, 0.29) is 0 Å². The second kappa shape index (κ2) is 8.81. The molecule has 0 atom stereocenters. The van der Waals surface area contributed by atoms with Crippen molar-refractivity contribution < 1.29 is 0 Å². The van der Waals surface area contributed by atoms with Crippen LogP contribution in [0.4, 0.5) is 0 Å². The van der Waals surface area contributed by atoms with E-state index in [4.69, 9.17) is 11.0 Å². The Bertz CT molecular complexity index is 181. The van der Waals surface area contributed by atoms with E-state index < -0.39 is 0 Å². The number of rotatable bonds is 5. The second-order valence-electron chi connectivity index (χ2n) is 2.56. The molecule has 0 aliphatic heterocycles. The van der Waals surface area contributed by atoms with Gasteiger partial charge in [-0.1, -0.05) is 13.3 Å². The van der Waals surface area contributed by atoms with Crippen molar-refractivity contribution in [3.05, 3.63) is 0 Å². The van der Waals surface area contributed by atoms with Crippen LogP contribution in [0.2, 0.25) is 0 Å². The van der Waals surface area contributed by atoms with Crippen molar-refractivity contribution in [2.45, 2.75) is 19.8 Å². The SMILES string of the molecule is CCCCN/C(=N/C#N)NCCN. The van der Waals surface area contributed by atoms with Crippen LogP contribution in [0.25, 0.3) is 0 Å². The van der Waals surface area contributed by atoms with E-state index in [0.717, 1.165) is 19.4 Å². The lowest BCUT2D eigenvalue weighted by molar-refractivity contribution is 0.730. The Morgan fingerprint density at radius 2 is 2.15 bits per heavy atom. The van der Waals surface area contributed by atoms with Gasteiger partial charge < -0.3 is 16.4 Å². The summed E-state index contributed by atoms with van der Waals surface area (Å²) in [5, 5.41) is 14.3. The van der Waals surface area contributed by atoms with Gasteiger partial charge in [-0.05, 0) is 6.42 Å². The largest absolute Gasteiger partial charge is 0.355 e. The summed E-state index contributed by atoms with van der Waals surface area (Å²) < 4.78 is 0. The molecule has 0 unspecified atom stereocenters. The molecule has 0 bridgehead atoms. The first kappa shape index (κ1) is 11.7. The summed E-state index contributed by atoms with van der Waals surface area (Å²) >= 11 is 0. The lowest BCUT2D eigenvalue weighted by Crippen LogP contribution is -2.40. The molecule has 0 rings (SSSR count). The molecule has 0 spiro atoms. The van der Waals surface area contributed by atoms with Crippen LogP contribution in [-0.4, -0.2) is 25.6 Å². The van der Waals surface area contributed by atoms with E-state index in [0.29, 0.717) is 19.0 Å². The smallest absolute Gasteiger partial charge is 0.209 e. The molecule has 13 heavy (non-hydrogen) atoms. The summed E-state index contributed by atoms with van der Waals surface area (Å²) in [4.78, 5) is 3.58. The molecule has 0 aromatic rings. The molecule has 0 aliphatic rings. The monoisotopic (exact) mass is 183 g/mol. The van der Waals surface area contributed by atoms with Gasteiger partial charge in [-0.15, -0.1) is 4.99 Å². The van der Waals surface area contributed by atoms with Crippen molar-refractivity contribution in [1.29, 1.82) is 5.26 Å². The Balaban J connectivity index is 3.69. The average molecular weight is 183 g/mol. The van der Waals surface area contributed by atoms with Gasteiger partial charge in [0.1, 0.15) is 0 Å². The number of aliphatic imine (C=N–C) groups is 1. The molecular formula is C8H17N5.